The molecule has 0 bridgehead atoms. The van der Waals surface area contributed by atoms with Crippen molar-refractivity contribution in [3.8, 4) is 0 Å². The number of rotatable bonds is 3. The summed E-state index contributed by atoms with van der Waals surface area (Å²) in [5.41, 5.74) is 10.4. The van der Waals surface area contributed by atoms with Gasteiger partial charge in [-0.1, -0.05) is 32.0 Å². The smallest absolute Gasteiger partial charge is 0.257 e. The van der Waals surface area contributed by atoms with Gasteiger partial charge in [-0.3, -0.25) is 9.78 Å². The van der Waals surface area contributed by atoms with Crippen LogP contribution in [0.4, 0.5) is 11.4 Å². The molecule has 0 aliphatic rings. The second-order valence-electron chi connectivity index (χ2n) is 5.55. The van der Waals surface area contributed by atoms with E-state index in [2.05, 4.69) is 24.1 Å². The fourth-order valence-electron chi connectivity index (χ4n) is 2.30. The fraction of sp³-hybridized carbons (Fsp3) is 0.294. The number of para-hydroxylation sites is 1. The van der Waals surface area contributed by atoms with Gasteiger partial charge in [0.1, 0.15) is 0 Å². The molecule has 0 spiro atoms. The molecule has 0 aliphatic heterocycles. The van der Waals surface area contributed by atoms with E-state index in [0.717, 1.165) is 16.8 Å². The number of nitrogens with zero attached hydrogens (tertiary/aromatic N) is 1. The van der Waals surface area contributed by atoms with Gasteiger partial charge in [-0.25, -0.2) is 0 Å². The van der Waals surface area contributed by atoms with Crippen molar-refractivity contribution in [2.75, 3.05) is 11.1 Å². The molecule has 3 N–H and O–H groups in total. The van der Waals surface area contributed by atoms with Crippen molar-refractivity contribution in [3.63, 3.8) is 0 Å². The Kier molecular flexibility index (Phi) is 4.26. The molecule has 1 aromatic carbocycles. The van der Waals surface area contributed by atoms with Gasteiger partial charge >= 0.3 is 0 Å². The Morgan fingerprint density at radius 2 is 2.00 bits per heavy atom. The zero-order valence-corrected chi connectivity index (χ0v) is 12.9. The van der Waals surface area contributed by atoms with Crippen LogP contribution in [0.1, 0.15) is 46.9 Å². The molecule has 0 fully saturated rings. The van der Waals surface area contributed by atoms with Gasteiger partial charge in [0.25, 0.3) is 5.91 Å². The largest absolute Gasteiger partial charge is 0.397 e. The predicted octanol–water partition coefficient (Wildman–Crippen LogP) is 3.66. The molecule has 0 saturated heterocycles. The zero-order valence-electron chi connectivity index (χ0n) is 12.9. The van der Waals surface area contributed by atoms with E-state index in [1.165, 1.54) is 0 Å². The summed E-state index contributed by atoms with van der Waals surface area (Å²) < 4.78 is 0. The summed E-state index contributed by atoms with van der Waals surface area (Å²) in [6.45, 7) is 8.01. The molecule has 0 atom stereocenters. The number of nitrogens with one attached hydrogen (secondary N) is 1. The van der Waals surface area contributed by atoms with Crippen LogP contribution in [0.25, 0.3) is 0 Å². The lowest BCUT2D eigenvalue weighted by molar-refractivity contribution is 0.102. The summed E-state index contributed by atoms with van der Waals surface area (Å²) in [4.78, 5) is 16.6. The van der Waals surface area contributed by atoms with Crippen LogP contribution in [0.5, 0.6) is 0 Å². The molecule has 0 saturated carbocycles. The van der Waals surface area contributed by atoms with Crippen LogP contribution in [0, 0.1) is 13.8 Å². The minimum atomic E-state index is -0.177. The average molecular weight is 283 g/mol. The number of carbonyl (C=O) groups is 1. The zero-order chi connectivity index (χ0) is 15.6. The van der Waals surface area contributed by atoms with E-state index >= 15 is 0 Å². The summed E-state index contributed by atoms with van der Waals surface area (Å²) in [5, 5.41) is 3.01. The van der Waals surface area contributed by atoms with E-state index in [0.29, 0.717) is 22.9 Å². The first-order valence-corrected chi connectivity index (χ1v) is 7.03. The third kappa shape index (κ3) is 3.21. The number of aromatic nitrogens is 1. The molecule has 0 radical (unpaired) electrons. The van der Waals surface area contributed by atoms with E-state index in [-0.39, 0.29) is 5.91 Å². The van der Waals surface area contributed by atoms with Crippen molar-refractivity contribution in [1.82, 2.24) is 4.98 Å². The van der Waals surface area contributed by atoms with Gasteiger partial charge in [0, 0.05) is 5.69 Å². The summed E-state index contributed by atoms with van der Waals surface area (Å²) >= 11 is 0. The summed E-state index contributed by atoms with van der Waals surface area (Å²) in [5.74, 6) is 0.156. The quantitative estimate of drug-likeness (QED) is 0.903. The maximum atomic E-state index is 12.5. The fourth-order valence-corrected chi connectivity index (χ4v) is 2.30. The van der Waals surface area contributed by atoms with Gasteiger partial charge in [-0.2, -0.15) is 0 Å². The number of amides is 1. The summed E-state index contributed by atoms with van der Waals surface area (Å²) in [6.07, 6.45) is 1.55. The molecular weight excluding hydrogens is 262 g/mol. The molecule has 2 rings (SSSR count). The van der Waals surface area contributed by atoms with E-state index < -0.39 is 0 Å². The molecule has 0 aliphatic carbocycles. The topological polar surface area (TPSA) is 68.0 Å². The van der Waals surface area contributed by atoms with Crippen LogP contribution in [0.2, 0.25) is 0 Å². The number of carbonyl (C=O) groups excluding carboxylic acids is 1. The number of nitrogens with two attached hydrogens (primary N) is 1. The van der Waals surface area contributed by atoms with Crippen molar-refractivity contribution in [1.29, 1.82) is 0 Å². The van der Waals surface area contributed by atoms with Gasteiger partial charge < -0.3 is 11.1 Å². The first-order valence-electron chi connectivity index (χ1n) is 7.03. The summed E-state index contributed by atoms with van der Waals surface area (Å²) in [6, 6.07) is 7.70. The lowest BCUT2D eigenvalue weighted by Gasteiger charge is -2.17. The Hall–Kier alpha value is -2.36. The van der Waals surface area contributed by atoms with E-state index in [4.69, 9.17) is 5.73 Å². The molecule has 0 unspecified atom stereocenters. The molecule has 21 heavy (non-hydrogen) atoms. The van der Waals surface area contributed by atoms with Crippen molar-refractivity contribution in [2.24, 2.45) is 0 Å². The molecule has 4 nitrogen and oxygen atoms in total. The maximum absolute atomic E-state index is 12.5. The highest BCUT2D eigenvalue weighted by Crippen LogP contribution is 2.28. The van der Waals surface area contributed by atoms with Crippen molar-refractivity contribution >= 4 is 17.3 Å². The molecular formula is C17H21N3O. The standard InChI is InChI=1S/C17H21N3O/c1-10(2)14-7-5-6-11(3)16(14)20-17(21)15-8-13(18)9-19-12(15)4/h5-10H,18H2,1-4H3,(H,20,21). The number of nitrogen functional groups attached to an aromatic ring is 1. The van der Waals surface area contributed by atoms with E-state index in [1.807, 2.05) is 25.1 Å². The second-order valence-corrected chi connectivity index (χ2v) is 5.55. The van der Waals surface area contributed by atoms with Gasteiger partial charge in [-0.15, -0.1) is 0 Å². The SMILES string of the molecule is Cc1cccc(C(C)C)c1NC(=O)c1cc(N)cnc1C. The van der Waals surface area contributed by atoms with Crippen LogP contribution < -0.4 is 11.1 Å². The normalized spacial score (nSPS) is 10.7. The lowest BCUT2D eigenvalue weighted by Crippen LogP contribution is -2.17. The van der Waals surface area contributed by atoms with Crippen LogP contribution in [0.3, 0.4) is 0 Å². The molecule has 2 aromatic rings. The molecule has 1 heterocycles. The lowest BCUT2D eigenvalue weighted by atomic mass is 9.98. The van der Waals surface area contributed by atoms with E-state index in [1.54, 1.807) is 19.2 Å². The monoisotopic (exact) mass is 283 g/mol. The van der Waals surface area contributed by atoms with E-state index in [9.17, 15) is 4.79 Å². The Balaban J connectivity index is 2.38. The Labute approximate surface area is 125 Å². The maximum Gasteiger partial charge on any atom is 0.257 e. The van der Waals surface area contributed by atoms with Crippen LogP contribution in [0.15, 0.2) is 30.5 Å². The molecule has 1 aromatic heterocycles. The first-order chi connectivity index (χ1) is 9.90. The minimum Gasteiger partial charge on any atom is -0.397 e. The third-order valence-corrected chi connectivity index (χ3v) is 3.52. The van der Waals surface area contributed by atoms with Crippen LogP contribution in [-0.2, 0) is 0 Å². The average Bonchev–Trinajstić information content (AvgIpc) is 2.43. The molecule has 110 valence electrons. The third-order valence-electron chi connectivity index (χ3n) is 3.52. The molecule has 4 heteroatoms. The predicted molar refractivity (Wildman–Crippen MR) is 86.6 cm³/mol. The van der Waals surface area contributed by atoms with Crippen molar-refractivity contribution in [3.05, 3.63) is 52.8 Å². The highest BCUT2D eigenvalue weighted by Gasteiger charge is 2.15. The number of pyridine rings is 1. The number of benzene rings is 1. The Morgan fingerprint density at radius 3 is 2.67 bits per heavy atom. The van der Waals surface area contributed by atoms with Gasteiger partial charge in [0.15, 0.2) is 0 Å². The van der Waals surface area contributed by atoms with Crippen molar-refractivity contribution in [2.45, 2.75) is 33.6 Å². The Morgan fingerprint density at radius 1 is 1.29 bits per heavy atom. The number of hydrogen-bond acceptors (Lipinski definition) is 3. The number of aryl methyl sites for hydroxylation is 2. The Bertz CT molecular complexity index is 678. The minimum absolute atomic E-state index is 0.177. The second kappa shape index (κ2) is 5.95. The van der Waals surface area contributed by atoms with Gasteiger partial charge in [-0.05, 0) is 37.0 Å². The van der Waals surface area contributed by atoms with Gasteiger partial charge in [0.2, 0.25) is 0 Å². The van der Waals surface area contributed by atoms with Gasteiger partial charge in [0.05, 0.1) is 23.1 Å². The highest BCUT2D eigenvalue weighted by molar-refractivity contribution is 6.06. The van der Waals surface area contributed by atoms with Crippen LogP contribution >= 0.6 is 0 Å². The number of hydrogen-bond donors (Lipinski definition) is 2. The summed E-state index contributed by atoms with van der Waals surface area (Å²) in [7, 11) is 0. The molecule has 1 amide bonds. The van der Waals surface area contributed by atoms with Crippen LogP contribution in [-0.4, -0.2) is 10.9 Å². The van der Waals surface area contributed by atoms with Crippen molar-refractivity contribution < 1.29 is 4.79 Å². The highest BCUT2D eigenvalue weighted by atomic mass is 16.1. The number of anilines is 2. The first kappa shape index (κ1) is 15.0.